The molecule has 15 nitrogen and oxygen atoms in total. The van der Waals surface area contributed by atoms with Crippen molar-refractivity contribution >= 4 is 52.7 Å². The normalized spacial score (nSPS) is 16.3. The third kappa shape index (κ3) is 15.5. The Morgan fingerprint density at radius 3 is 1.48 bits per heavy atom. The molecule has 2 saturated carbocycles. The third-order valence-corrected chi connectivity index (χ3v) is 12.6. The number of hydrogen-bond acceptors (Lipinski definition) is 15. The van der Waals surface area contributed by atoms with Gasteiger partial charge < -0.3 is 38.3 Å². The van der Waals surface area contributed by atoms with Crippen LogP contribution in [-0.2, 0) is 23.9 Å². The maximum atomic E-state index is 13.0. The van der Waals surface area contributed by atoms with E-state index in [1.54, 1.807) is 38.1 Å². The largest absolute Gasteiger partial charge is 0.503 e. The van der Waals surface area contributed by atoms with Crippen LogP contribution in [0.2, 0.25) is 10.0 Å². The molecule has 1 N–H and O–H groups in total. The van der Waals surface area contributed by atoms with Crippen molar-refractivity contribution in [2.24, 2.45) is 23.7 Å². The smallest absolute Gasteiger partial charge is 0.309 e. The van der Waals surface area contributed by atoms with Crippen molar-refractivity contribution in [2.45, 2.75) is 123 Å². The maximum absolute atomic E-state index is 13.0. The van der Waals surface area contributed by atoms with E-state index in [-0.39, 0.29) is 71.3 Å². The summed E-state index contributed by atoms with van der Waals surface area (Å²) in [5, 5.41) is 11.3. The van der Waals surface area contributed by atoms with Gasteiger partial charge in [0.15, 0.2) is 40.2 Å². The first-order valence-electron chi connectivity index (χ1n) is 23.2. The Hall–Kier alpha value is -5.93. The van der Waals surface area contributed by atoms with Gasteiger partial charge in [0.1, 0.15) is 35.9 Å². The lowest BCUT2D eigenvalue weighted by atomic mass is 9.96. The highest BCUT2D eigenvalue weighted by Crippen LogP contribution is 2.36. The summed E-state index contributed by atoms with van der Waals surface area (Å²) in [6.45, 7) is 8.07. The molecule has 0 spiro atoms. The van der Waals surface area contributed by atoms with Gasteiger partial charge in [0, 0.05) is 54.3 Å². The second-order valence-corrected chi connectivity index (χ2v) is 18.4. The Kier molecular flexibility index (Phi) is 20.5. The van der Waals surface area contributed by atoms with Gasteiger partial charge in [-0.2, -0.15) is 0 Å². The van der Waals surface area contributed by atoms with Crippen LogP contribution in [0.3, 0.4) is 0 Å². The van der Waals surface area contributed by atoms with Crippen LogP contribution < -0.4 is 23.7 Å². The summed E-state index contributed by atoms with van der Waals surface area (Å²) in [6, 6.07) is 17.2. The van der Waals surface area contributed by atoms with E-state index in [0.717, 1.165) is 51.4 Å². The highest BCUT2D eigenvalue weighted by atomic mass is 35.5. The number of carbonyl (C=O) groups is 5. The topological polar surface area (TPSA) is 196 Å². The Morgan fingerprint density at radius 1 is 0.638 bits per heavy atom. The molecular weight excluding hydrogens is 931 g/mol. The summed E-state index contributed by atoms with van der Waals surface area (Å²) < 4.78 is 39.4. The predicted molar refractivity (Wildman–Crippen MR) is 258 cm³/mol. The van der Waals surface area contributed by atoms with E-state index >= 15 is 0 Å². The molecule has 2 aromatic heterocycles. The minimum absolute atomic E-state index is 0.0670. The van der Waals surface area contributed by atoms with Crippen molar-refractivity contribution in [3.8, 4) is 34.5 Å². The van der Waals surface area contributed by atoms with E-state index in [9.17, 15) is 29.1 Å². The second kappa shape index (κ2) is 26.2. The maximum Gasteiger partial charge on any atom is 0.309 e. The van der Waals surface area contributed by atoms with Gasteiger partial charge in [-0.25, -0.2) is 9.97 Å². The number of pyridine rings is 2. The number of carbonyl (C=O) groups excluding carboxylic acids is 5. The molecular formula is C52H62Cl2N2O13. The highest BCUT2D eigenvalue weighted by molar-refractivity contribution is 6.31. The summed E-state index contributed by atoms with van der Waals surface area (Å²) in [7, 11) is 2.78. The number of benzene rings is 2. The Balaban J connectivity index is 0.000000258. The second-order valence-electron chi connectivity index (χ2n) is 17.5. The van der Waals surface area contributed by atoms with Gasteiger partial charge >= 0.3 is 17.9 Å². The standard InChI is InChI=1S/C27H32ClNO7.C25H30ClNO6/c1-16(14-22(31)24-26(35-18(3)30)23(33-4)12-13-29-24)27(32)34-17(2)25(19-8-5-6-9-19)36-21-11-7-10-20(28)15-21;1-15(13-20(28)22-23(29)21(31-3)11-12-27-22)25(30)32-16(2)24(17-7-4-5-8-17)33-19-10-6-9-18(26)14-19/h7,10-13,15-17,19,25H,5-6,8-9,14H2,1-4H3;6,9-12,14-17,24,29H,4-5,7-8,13H2,1-3H3/t16-,17+,25+;15-,16+,24+/m11/s1. The van der Waals surface area contributed by atoms with Crippen LogP contribution in [0.15, 0.2) is 73.1 Å². The van der Waals surface area contributed by atoms with Crippen molar-refractivity contribution in [2.75, 3.05) is 14.2 Å². The van der Waals surface area contributed by atoms with Crippen molar-refractivity contribution in [3.05, 3.63) is 94.5 Å². The first-order chi connectivity index (χ1) is 33.0. The van der Waals surface area contributed by atoms with E-state index in [2.05, 4.69) is 9.97 Å². The summed E-state index contributed by atoms with van der Waals surface area (Å²) >= 11 is 12.2. The molecule has 2 aliphatic rings. The quantitative estimate of drug-likeness (QED) is 0.0611. The number of esters is 3. The number of aromatic nitrogens is 2. The molecule has 2 aliphatic carbocycles. The molecule has 6 atom stereocenters. The highest BCUT2D eigenvalue weighted by Gasteiger charge is 2.37. The van der Waals surface area contributed by atoms with E-state index < -0.39 is 53.5 Å². The predicted octanol–water partition coefficient (Wildman–Crippen LogP) is 10.7. The first kappa shape index (κ1) is 54.0. The molecule has 372 valence electrons. The molecule has 0 aliphatic heterocycles. The van der Waals surface area contributed by atoms with Crippen molar-refractivity contribution < 1.29 is 62.2 Å². The number of ether oxygens (including phenoxy) is 7. The number of ketones is 2. The van der Waals surface area contributed by atoms with Gasteiger partial charge in [0.25, 0.3) is 0 Å². The summed E-state index contributed by atoms with van der Waals surface area (Å²) in [6.07, 6.45) is 9.12. The molecule has 2 heterocycles. The molecule has 69 heavy (non-hydrogen) atoms. The zero-order valence-electron chi connectivity index (χ0n) is 40.1. The molecule has 6 rings (SSSR count). The zero-order valence-corrected chi connectivity index (χ0v) is 41.6. The van der Waals surface area contributed by atoms with Crippen LogP contribution in [0, 0.1) is 23.7 Å². The molecule has 17 heteroatoms. The monoisotopic (exact) mass is 992 g/mol. The van der Waals surface area contributed by atoms with Crippen LogP contribution in [-0.4, -0.2) is 83.2 Å². The average molecular weight is 994 g/mol. The lowest BCUT2D eigenvalue weighted by molar-refractivity contribution is -0.159. The minimum Gasteiger partial charge on any atom is -0.503 e. The molecule has 2 aromatic carbocycles. The SMILES string of the molecule is COc1ccnc(C(=O)C[C@@H](C)C(=O)O[C@@H](C)[C@H](Oc2cccc(Cl)c2)C2CCCC2)c1O.COc1ccnc(C(=O)C[C@@H](C)C(=O)O[C@@H](C)[C@H](Oc2cccc(Cl)c2)C2CCCC2)c1OC(C)=O. The number of Topliss-reactive ketones (excluding diaryl/α,β-unsaturated/α-hetero) is 2. The number of halogens is 2. The van der Waals surface area contributed by atoms with E-state index in [4.69, 9.17) is 56.4 Å². The number of nitrogens with zero attached hydrogens (tertiary/aromatic N) is 2. The van der Waals surface area contributed by atoms with Crippen LogP contribution in [0.25, 0.3) is 0 Å². The summed E-state index contributed by atoms with van der Waals surface area (Å²) in [4.78, 5) is 70.9. The fourth-order valence-electron chi connectivity index (χ4n) is 8.60. The van der Waals surface area contributed by atoms with Gasteiger partial charge in [0.2, 0.25) is 5.75 Å². The minimum atomic E-state index is -0.756. The molecule has 0 bridgehead atoms. The van der Waals surface area contributed by atoms with Gasteiger partial charge in [-0.1, -0.05) is 74.9 Å². The van der Waals surface area contributed by atoms with Crippen molar-refractivity contribution in [1.29, 1.82) is 0 Å². The van der Waals surface area contributed by atoms with Gasteiger partial charge in [-0.05, 0) is 87.8 Å². The summed E-state index contributed by atoms with van der Waals surface area (Å²) in [5.41, 5.74) is -0.208. The molecule has 2 fully saturated rings. The van der Waals surface area contributed by atoms with Crippen LogP contribution in [0.4, 0.5) is 0 Å². The molecule has 0 unspecified atom stereocenters. The van der Waals surface area contributed by atoms with Crippen molar-refractivity contribution in [3.63, 3.8) is 0 Å². The molecule has 0 radical (unpaired) electrons. The van der Waals surface area contributed by atoms with E-state index in [1.165, 1.54) is 45.7 Å². The fraction of sp³-hybridized carbons (Fsp3) is 0.481. The lowest BCUT2D eigenvalue weighted by Gasteiger charge is -2.30. The third-order valence-electron chi connectivity index (χ3n) is 12.2. The number of aromatic hydroxyl groups is 1. The van der Waals surface area contributed by atoms with E-state index in [1.807, 2.05) is 38.1 Å². The van der Waals surface area contributed by atoms with Crippen LogP contribution in [0.5, 0.6) is 34.5 Å². The number of rotatable bonds is 21. The van der Waals surface area contributed by atoms with Gasteiger partial charge in [-0.3, -0.25) is 24.0 Å². The van der Waals surface area contributed by atoms with Crippen molar-refractivity contribution in [1.82, 2.24) is 9.97 Å². The number of methoxy groups -OCH3 is 2. The Morgan fingerprint density at radius 2 is 1.06 bits per heavy atom. The Labute approximate surface area is 413 Å². The zero-order chi connectivity index (χ0) is 50.2. The van der Waals surface area contributed by atoms with Crippen LogP contribution >= 0.6 is 23.2 Å². The van der Waals surface area contributed by atoms with Gasteiger partial charge in [-0.15, -0.1) is 0 Å². The number of hydrogen-bond donors (Lipinski definition) is 1. The fourth-order valence-corrected chi connectivity index (χ4v) is 8.96. The summed E-state index contributed by atoms with van der Waals surface area (Å²) in [5.74, 6) is -2.35. The molecule has 0 amide bonds. The average Bonchev–Trinajstić information content (AvgIpc) is 4.06. The molecule has 4 aromatic rings. The van der Waals surface area contributed by atoms with Crippen LogP contribution in [0.1, 0.15) is 120 Å². The lowest BCUT2D eigenvalue weighted by Crippen LogP contribution is -2.40. The Bertz CT molecular complexity index is 2390. The van der Waals surface area contributed by atoms with E-state index in [0.29, 0.717) is 21.5 Å². The molecule has 0 saturated heterocycles. The van der Waals surface area contributed by atoms with Gasteiger partial charge in [0.05, 0.1) is 26.1 Å². The first-order valence-corrected chi connectivity index (χ1v) is 24.0.